The van der Waals surface area contributed by atoms with Crippen LogP contribution in [-0.4, -0.2) is 27.6 Å². The van der Waals surface area contributed by atoms with Crippen molar-refractivity contribution in [2.75, 3.05) is 21.3 Å². The van der Waals surface area contributed by atoms with Gasteiger partial charge in [-0.05, 0) is 13.1 Å². The fourth-order valence-corrected chi connectivity index (χ4v) is 1.56. The Morgan fingerprint density at radius 3 is 2.25 bits per heavy atom. The van der Waals surface area contributed by atoms with Crippen LogP contribution in [0.15, 0.2) is 18.2 Å². The van der Waals surface area contributed by atoms with Crippen LogP contribution in [0.4, 0.5) is 8.78 Å². The second kappa shape index (κ2) is 5.89. The molecule has 5 heteroatoms. The molecule has 0 amide bonds. The van der Waals surface area contributed by atoms with Crippen molar-refractivity contribution in [1.82, 2.24) is 5.32 Å². The third-order valence-electron chi connectivity index (χ3n) is 2.35. The lowest BCUT2D eigenvalue weighted by Gasteiger charge is -2.24. The fraction of sp³-hybridized carbons (Fsp3) is 0.455. The van der Waals surface area contributed by atoms with Crippen molar-refractivity contribution in [3.63, 3.8) is 0 Å². The Labute approximate surface area is 93.4 Å². The van der Waals surface area contributed by atoms with E-state index < -0.39 is 24.0 Å². The van der Waals surface area contributed by atoms with Gasteiger partial charge in [-0.3, -0.25) is 0 Å². The molecule has 90 valence electrons. The van der Waals surface area contributed by atoms with E-state index in [0.29, 0.717) is 5.56 Å². The lowest BCUT2D eigenvalue weighted by Crippen LogP contribution is -2.33. The van der Waals surface area contributed by atoms with Gasteiger partial charge in [0.1, 0.15) is 11.6 Å². The number of hydrogen-bond acceptors (Lipinski definition) is 3. The average Bonchev–Trinajstić information content (AvgIpc) is 2.27. The minimum absolute atomic E-state index is 0.303. The SMILES string of the molecule is CNC(c1ccc(F)cc1F)C(OC)OC. The standard InChI is InChI=1S/C11H15F2NO2/c1-14-10(11(15-2)16-3)8-5-4-7(12)6-9(8)13/h4-6,10-11,14H,1-3H3. The normalized spacial score (nSPS) is 13.1. The van der Waals surface area contributed by atoms with Crippen LogP contribution in [0.3, 0.4) is 0 Å². The van der Waals surface area contributed by atoms with E-state index in [0.717, 1.165) is 6.07 Å². The van der Waals surface area contributed by atoms with Crippen LogP contribution in [0, 0.1) is 11.6 Å². The van der Waals surface area contributed by atoms with Crippen LogP contribution in [0.2, 0.25) is 0 Å². The van der Waals surface area contributed by atoms with Gasteiger partial charge in [-0.25, -0.2) is 8.78 Å². The zero-order valence-corrected chi connectivity index (χ0v) is 9.46. The van der Waals surface area contributed by atoms with Crippen molar-refractivity contribution in [2.45, 2.75) is 12.3 Å². The molecule has 3 nitrogen and oxygen atoms in total. The van der Waals surface area contributed by atoms with E-state index >= 15 is 0 Å². The molecule has 0 heterocycles. The summed E-state index contributed by atoms with van der Waals surface area (Å²) in [6, 6.07) is 2.92. The molecular formula is C11H15F2NO2. The summed E-state index contributed by atoms with van der Waals surface area (Å²) < 4.78 is 36.4. The molecule has 0 bridgehead atoms. The van der Waals surface area contributed by atoms with Gasteiger partial charge in [-0.1, -0.05) is 6.07 Å². The molecule has 1 N–H and O–H groups in total. The van der Waals surface area contributed by atoms with E-state index in [1.54, 1.807) is 7.05 Å². The van der Waals surface area contributed by atoms with Gasteiger partial charge in [-0.2, -0.15) is 0 Å². The van der Waals surface area contributed by atoms with Gasteiger partial charge in [0.25, 0.3) is 0 Å². The molecule has 0 radical (unpaired) electrons. The molecule has 0 fully saturated rings. The molecular weight excluding hydrogens is 216 g/mol. The topological polar surface area (TPSA) is 30.5 Å². The number of benzene rings is 1. The first-order valence-corrected chi connectivity index (χ1v) is 4.81. The molecule has 0 saturated carbocycles. The summed E-state index contributed by atoms with van der Waals surface area (Å²) in [5.41, 5.74) is 0.303. The molecule has 1 rings (SSSR count). The van der Waals surface area contributed by atoms with Crippen LogP contribution in [0.5, 0.6) is 0 Å². The van der Waals surface area contributed by atoms with E-state index in [9.17, 15) is 8.78 Å². The molecule has 1 aromatic carbocycles. The highest BCUT2D eigenvalue weighted by atomic mass is 19.1. The summed E-state index contributed by atoms with van der Waals surface area (Å²) in [7, 11) is 4.57. The second-order valence-corrected chi connectivity index (χ2v) is 3.27. The van der Waals surface area contributed by atoms with Gasteiger partial charge in [0.2, 0.25) is 0 Å². The lowest BCUT2D eigenvalue weighted by atomic mass is 10.1. The van der Waals surface area contributed by atoms with Gasteiger partial charge in [0, 0.05) is 25.8 Å². The van der Waals surface area contributed by atoms with Crippen LogP contribution in [0.25, 0.3) is 0 Å². The van der Waals surface area contributed by atoms with Gasteiger partial charge >= 0.3 is 0 Å². The predicted molar refractivity (Wildman–Crippen MR) is 56.0 cm³/mol. The van der Waals surface area contributed by atoms with E-state index in [4.69, 9.17) is 9.47 Å². The Hall–Kier alpha value is -1.04. The maximum absolute atomic E-state index is 13.5. The van der Waals surface area contributed by atoms with Crippen LogP contribution < -0.4 is 5.32 Å². The third-order valence-corrected chi connectivity index (χ3v) is 2.35. The van der Waals surface area contributed by atoms with Crippen molar-refractivity contribution < 1.29 is 18.3 Å². The number of ether oxygens (including phenoxy) is 2. The van der Waals surface area contributed by atoms with Crippen molar-refractivity contribution in [2.24, 2.45) is 0 Å². The smallest absolute Gasteiger partial charge is 0.176 e. The zero-order chi connectivity index (χ0) is 12.1. The first kappa shape index (κ1) is 13.0. The zero-order valence-electron chi connectivity index (χ0n) is 9.46. The van der Waals surface area contributed by atoms with Crippen LogP contribution in [-0.2, 0) is 9.47 Å². The van der Waals surface area contributed by atoms with Gasteiger partial charge in [0.05, 0.1) is 6.04 Å². The minimum Gasteiger partial charge on any atom is -0.354 e. The van der Waals surface area contributed by atoms with Crippen molar-refractivity contribution in [1.29, 1.82) is 0 Å². The quantitative estimate of drug-likeness (QED) is 0.784. The van der Waals surface area contributed by atoms with Crippen LogP contribution in [0.1, 0.15) is 11.6 Å². The largest absolute Gasteiger partial charge is 0.354 e. The molecule has 0 aliphatic carbocycles. The lowest BCUT2D eigenvalue weighted by molar-refractivity contribution is -0.123. The fourth-order valence-electron chi connectivity index (χ4n) is 1.56. The van der Waals surface area contributed by atoms with Crippen molar-refractivity contribution in [3.05, 3.63) is 35.4 Å². The number of nitrogens with one attached hydrogen (secondary N) is 1. The number of rotatable bonds is 5. The van der Waals surface area contributed by atoms with Crippen molar-refractivity contribution >= 4 is 0 Å². The molecule has 0 aliphatic rings. The predicted octanol–water partition coefficient (Wildman–Crippen LogP) is 1.84. The maximum atomic E-state index is 13.5. The van der Waals surface area contributed by atoms with Gasteiger partial charge in [0.15, 0.2) is 6.29 Å². The highest BCUT2D eigenvalue weighted by Gasteiger charge is 2.24. The van der Waals surface area contributed by atoms with E-state index in [2.05, 4.69) is 5.32 Å². The molecule has 1 atom stereocenters. The molecule has 0 aliphatic heterocycles. The third kappa shape index (κ3) is 2.75. The summed E-state index contributed by atoms with van der Waals surface area (Å²) >= 11 is 0. The highest BCUT2D eigenvalue weighted by Crippen LogP contribution is 2.22. The van der Waals surface area contributed by atoms with Gasteiger partial charge in [-0.15, -0.1) is 0 Å². The Kier molecular flexibility index (Phi) is 4.79. The Morgan fingerprint density at radius 1 is 1.19 bits per heavy atom. The second-order valence-electron chi connectivity index (χ2n) is 3.27. The highest BCUT2D eigenvalue weighted by molar-refractivity contribution is 5.22. The summed E-state index contributed by atoms with van der Waals surface area (Å²) in [6.45, 7) is 0. The van der Waals surface area contributed by atoms with E-state index in [-0.39, 0.29) is 0 Å². The molecule has 0 aromatic heterocycles. The number of methoxy groups -OCH3 is 2. The number of halogens is 2. The number of hydrogen-bond donors (Lipinski definition) is 1. The summed E-state index contributed by atoms with van der Waals surface area (Å²) in [6.07, 6.45) is -0.634. The first-order chi connectivity index (χ1) is 7.63. The molecule has 1 unspecified atom stereocenters. The monoisotopic (exact) mass is 231 g/mol. The maximum Gasteiger partial charge on any atom is 0.176 e. The Morgan fingerprint density at radius 2 is 1.81 bits per heavy atom. The minimum atomic E-state index is -0.634. The summed E-state index contributed by atoms with van der Waals surface area (Å²) in [4.78, 5) is 0. The molecule has 0 saturated heterocycles. The van der Waals surface area contributed by atoms with E-state index in [1.807, 2.05) is 0 Å². The molecule has 16 heavy (non-hydrogen) atoms. The van der Waals surface area contributed by atoms with Gasteiger partial charge < -0.3 is 14.8 Å². The number of likely N-dealkylation sites (N-methyl/N-ethyl adjacent to an activating group) is 1. The Balaban J connectivity index is 3.03. The summed E-state index contributed by atoms with van der Waals surface area (Å²) in [5.74, 6) is -1.24. The Bertz CT molecular complexity index is 343. The van der Waals surface area contributed by atoms with Crippen LogP contribution >= 0.6 is 0 Å². The average molecular weight is 231 g/mol. The summed E-state index contributed by atoms with van der Waals surface area (Å²) in [5, 5.41) is 2.87. The van der Waals surface area contributed by atoms with Crippen molar-refractivity contribution in [3.8, 4) is 0 Å². The molecule has 1 aromatic rings. The first-order valence-electron chi connectivity index (χ1n) is 4.81. The van der Waals surface area contributed by atoms with E-state index in [1.165, 1.54) is 26.4 Å². The molecule has 0 spiro atoms.